The van der Waals surface area contributed by atoms with Crippen LogP contribution in [0.1, 0.15) is 35.2 Å². The lowest BCUT2D eigenvalue weighted by Crippen LogP contribution is -2.32. The normalized spacial score (nSPS) is 16.2. The quantitative estimate of drug-likeness (QED) is 0.727. The predicted octanol–water partition coefficient (Wildman–Crippen LogP) is 2.95. The van der Waals surface area contributed by atoms with Gasteiger partial charge in [0, 0.05) is 30.6 Å². The van der Waals surface area contributed by atoms with Crippen molar-refractivity contribution in [1.82, 2.24) is 4.90 Å². The Bertz CT molecular complexity index is 1070. The molecule has 142 valence electrons. The minimum absolute atomic E-state index is 0.0446. The van der Waals surface area contributed by atoms with Crippen LogP contribution in [0.5, 0.6) is 0 Å². The van der Waals surface area contributed by atoms with E-state index in [1.54, 1.807) is 6.07 Å². The maximum atomic E-state index is 12.9. The highest BCUT2D eigenvalue weighted by Crippen LogP contribution is 2.20. The first-order chi connectivity index (χ1) is 13.6. The maximum absolute atomic E-state index is 12.9. The number of hydrogen-bond acceptors (Lipinski definition) is 3. The summed E-state index contributed by atoms with van der Waals surface area (Å²) in [4.78, 5) is 33.9. The van der Waals surface area contributed by atoms with Gasteiger partial charge in [-0.15, -0.1) is 0 Å². The Labute approximate surface area is 161 Å². The first-order valence-corrected chi connectivity index (χ1v) is 9.41. The monoisotopic (exact) mass is 377 g/mol. The van der Waals surface area contributed by atoms with Crippen molar-refractivity contribution in [2.75, 3.05) is 19.6 Å². The van der Waals surface area contributed by atoms with E-state index in [1.807, 2.05) is 12.1 Å². The second-order valence-electron chi connectivity index (χ2n) is 6.99. The van der Waals surface area contributed by atoms with Crippen LogP contribution >= 0.6 is 0 Å². The van der Waals surface area contributed by atoms with Gasteiger partial charge in [0.05, 0.1) is 5.36 Å². The third kappa shape index (κ3) is 3.97. The Hall–Kier alpha value is -2.99. The van der Waals surface area contributed by atoms with Crippen LogP contribution in [-0.4, -0.2) is 36.3 Å². The highest BCUT2D eigenvalue weighted by Gasteiger charge is 2.17. The van der Waals surface area contributed by atoms with Gasteiger partial charge in [-0.1, -0.05) is 18.2 Å². The van der Waals surface area contributed by atoms with Crippen LogP contribution in [-0.2, 0) is 0 Å². The number of amides is 2. The number of para-hydroxylation sites is 1. The molecule has 5 nitrogen and oxygen atoms in total. The van der Waals surface area contributed by atoms with Gasteiger partial charge in [-0.25, -0.2) is 9.18 Å². The Kier molecular flexibility index (Phi) is 5.21. The fourth-order valence-electron chi connectivity index (χ4n) is 3.62. The molecule has 6 heteroatoms. The minimum atomic E-state index is -0.439. The zero-order valence-corrected chi connectivity index (χ0v) is 15.4. The van der Waals surface area contributed by atoms with Crippen molar-refractivity contribution in [2.24, 2.45) is 9.98 Å². The summed E-state index contributed by atoms with van der Waals surface area (Å²) in [6.07, 6.45) is 4.25. The van der Waals surface area contributed by atoms with Crippen LogP contribution in [0.25, 0.3) is 5.57 Å². The number of rotatable bonds is 6. The molecule has 2 aliphatic heterocycles. The number of fused-ring (bicyclic) bond motifs is 1. The lowest BCUT2D eigenvalue weighted by Gasteiger charge is -2.26. The Morgan fingerprint density at radius 1 is 1.11 bits per heavy atom. The van der Waals surface area contributed by atoms with Crippen molar-refractivity contribution in [3.63, 3.8) is 0 Å². The topological polar surface area (TPSA) is 62.1 Å². The number of carbonyl (C=O) groups excluding carboxylic acids is 2. The molecule has 4 rings (SSSR count). The molecule has 28 heavy (non-hydrogen) atoms. The molecule has 0 saturated carbocycles. The first-order valence-electron chi connectivity index (χ1n) is 9.41. The number of urea groups is 1. The molecule has 2 aromatic rings. The van der Waals surface area contributed by atoms with Gasteiger partial charge in [-0.2, -0.15) is 9.98 Å². The molecule has 0 N–H and O–H groups in total. The van der Waals surface area contributed by atoms with E-state index in [0.717, 1.165) is 38.0 Å². The molecular formula is C22H20FN3O2. The van der Waals surface area contributed by atoms with E-state index in [1.165, 1.54) is 29.8 Å². The highest BCUT2D eigenvalue weighted by molar-refractivity contribution is 5.95. The molecule has 2 aliphatic rings. The Balaban J connectivity index is 1.33. The van der Waals surface area contributed by atoms with Crippen molar-refractivity contribution < 1.29 is 14.0 Å². The standard InChI is InChI=1S/C22H20FN3O2/c23-17-8-6-16(7-9-17)20(27)5-2-12-26-13-10-15(11-14-26)18-3-1-4-19-21(18)25-22(28)24-19/h1,3-4,6-10H,2,5,11-14H2. The average molecular weight is 377 g/mol. The van der Waals surface area contributed by atoms with E-state index in [0.29, 0.717) is 22.7 Å². The molecule has 0 aromatic heterocycles. The van der Waals surface area contributed by atoms with Crippen molar-refractivity contribution in [3.8, 4) is 0 Å². The van der Waals surface area contributed by atoms with Gasteiger partial charge in [0.1, 0.15) is 11.2 Å². The van der Waals surface area contributed by atoms with Crippen LogP contribution in [0, 0.1) is 5.82 Å². The number of carbonyl (C=O) groups is 2. The van der Waals surface area contributed by atoms with Gasteiger partial charge in [0.15, 0.2) is 5.78 Å². The van der Waals surface area contributed by atoms with Crippen LogP contribution < -0.4 is 10.7 Å². The summed E-state index contributed by atoms with van der Waals surface area (Å²) in [6, 6.07) is 11.0. The summed E-state index contributed by atoms with van der Waals surface area (Å²) in [5, 5.41) is 1.32. The second-order valence-corrected chi connectivity index (χ2v) is 6.99. The second kappa shape index (κ2) is 7.94. The molecule has 2 amide bonds. The number of halogens is 1. The van der Waals surface area contributed by atoms with Gasteiger partial charge < -0.3 is 0 Å². The van der Waals surface area contributed by atoms with Crippen molar-refractivity contribution in [2.45, 2.75) is 19.3 Å². The summed E-state index contributed by atoms with van der Waals surface area (Å²) < 4.78 is 12.9. The van der Waals surface area contributed by atoms with Crippen LogP contribution in [0.2, 0.25) is 0 Å². The molecule has 0 aliphatic carbocycles. The van der Waals surface area contributed by atoms with Gasteiger partial charge in [0.25, 0.3) is 0 Å². The SMILES string of the molecule is O=C1N=c2cccc(C3=CCN(CCCC(=O)c4ccc(F)cc4)CC3)c2=N1. The van der Waals surface area contributed by atoms with E-state index in [4.69, 9.17) is 0 Å². The van der Waals surface area contributed by atoms with Crippen LogP contribution in [0.3, 0.4) is 0 Å². The number of nitrogens with zero attached hydrogens (tertiary/aromatic N) is 3. The first kappa shape index (κ1) is 18.4. The minimum Gasteiger partial charge on any atom is -0.299 e. The van der Waals surface area contributed by atoms with Crippen molar-refractivity contribution in [3.05, 3.63) is 76.2 Å². The van der Waals surface area contributed by atoms with Gasteiger partial charge in [0.2, 0.25) is 0 Å². The van der Waals surface area contributed by atoms with Crippen LogP contribution in [0.15, 0.2) is 58.5 Å². The number of hydrogen-bond donors (Lipinski definition) is 0. The highest BCUT2D eigenvalue weighted by atomic mass is 19.1. The molecular weight excluding hydrogens is 357 g/mol. The molecule has 0 unspecified atom stereocenters. The zero-order valence-electron chi connectivity index (χ0n) is 15.4. The lowest BCUT2D eigenvalue weighted by atomic mass is 9.98. The van der Waals surface area contributed by atoms with Crippen molar-refractivity contribution >= 4 is 17.4 Å². The molecule has 2 aromatic carbocycles. The maximum Gasteiger partial charge on any atom is 0.368 e. The third-order valence-electron chi connectivity index (χ3n) is 5.12. The summed E-state index contributed by atoms with van der Waals surface area (Å²) in [7, 11) is 0. The fourth-order valence-corrected chi connectivity index (χ4v) is 3.62. The summed E-state index contributed by atoms with van der Waals surface area (Å²) >= 11 is 0. The van der Waals surface area contributed by atoms with E-state index in [2.05, 4.69) is 21.0 Å². The number of ketones is 1. The molecule has 0 bridgehead atoms. The van der Waals surface area contributed by atoms with E-state index < -0.39 is 6.03 Å². The van der Waals surface area contributed by atoms with Gasteiger partial charge in [-0.05, 0) is 55.3 Å². The molecule has 0 atom stereocenters. The van der Waals surface area contributed by atoms with E-state index in [9.17, 15) is 14.0 Å². The molecule has 0 radical (unpaired) electrons. The molecule has 2 heterocycles. The van der Waals surface area contributed by atoms with Gasteiger partial charge in [-0.3, -0.25) is 9.69 Å². The zero-order chi connectivity index (χ0) is 19.5. The lowest BCUT2D eigenvalue weighted by molar-refractivity contribution is 0.0975. The summed E-state index contributed by atoms with van der Waals surface area (Å²) in [6.45, 7) is 2.53. The molecule has 0 spiro atoms. The predicted molar refractivity (Wildman–Crippen MR) is 103 cm³/mol. The van der Waals surface area contributed by atoms with Crippen LogP contribution in [0.4, 0.5) is 9.18 Å². The van der Waals surface area contributed by atoms with E-state index in [-0.39, 0.29) is 11.6 Å². The Morgan fingerprint density at radius 3 is 2.68 bits per heavy atom. The van der Waals surface area contributed by atoms with Crippen molar-refractivity contribution in [1.29, 1.82) is 0 Å². The summed E-state index contributed by atoms with van der Waals surface area (Å²) in [5.41, 5.74) is 2.73. The molecule has 0 saturated heterocycles. The third-order valence-corrected chi connectivity index (χ3v) is 5.12. The smallest absolute Gasteiger partial charge is 0.299 e. The molecule has 0 fully saturated rings. The average Bonchev–Trinajstić information content (AvgIpc) is 3.09. The number of Topliss-reactive ketones (excluding diaryl/α,β-unsaturated/α-hetero) is 1. The number of benzene rings is 2. The fraction of sp³-hybridized carbons (Fsp3) is 0.273. The van der Waals surface area contributed by atoms with Gasteiger partial charge >= 0.3 is 6.03 Å². The largest absolute Gasteiger partial charge is 0.368 e. The van der Waals surface area contributed by atoms with E-state index >= 15 is 0 Å². The summed E-state index contributed by atoms with van der Waals surface area (Å²) in [5.74, 6) is -0.287. The Morgan fingerprint density at radius 2 is 1.93 bits per heavy atom.